The first-order valence-corrected chi connectivity index (χ1v) is 11.9. The number of halogens is 1. The fourth-order valence-corrected chi connectivity index (χ4v) is 4.73. The van der Waals surface area contributed by atoms with Crippen LogP contribution in [0.25, 0.3) is 5.69 Å². The van der Waals surface area contributed by atoms with E-state index in [1.54, 1.807) is 6.20 Å². The van der Waals surface area contributed by atoms with E-state index in [9.17, 15) is 4.79 Å². The maximum Gasteiger partial charge on any atom is 0.292 e. The zero-order valence-electron chi connectivity index (χ0n) is 18.3. The molecule has 1 saturated heterocycles. The van der Waals surface area contributed by atoms with Gasteiger partial charge in [-0.2, -0.15) is 14.9 Å². The number of benzene rings is 1. The van der Waals surface area contributed by atoms with Gasteiger partial charge in [0, 0.05) is 38.6 Å². The van der Waals surface area contributed by atoms with Gasteiger partial charge in [-0.1, -0.05) is 35.9 Å². The Morgan fingerprint density at radius 1 is 1.15 bits per heavy atom. The van der Waals surface area contributed by atoms with Crippen LogP contribution in [0.15, 0.2) is 54.0 Å². The standard InChI is InChI=1S/C23H26ClN7OS/c1-2-10-29-21(17-8-9-17)26-30(23(29)33)16-27-11-13-28(14-12-27)19-15-25-31(22(32)20(19)24)18-6-4-3-5-7-18/h2-7,15,17H,1,8-14,16H2. The lowest BCUT2D eigenvalue weighted by Crippen LogP contribution is -2.47. The average molecular weight is 484 g/mol. The smallest absolute Gasteiger partial charge is 0.292 e. The predicted octanol–water partition coefficient (Wildman–Crippen LogP) is 3.46. The van der Waals surface area contributed by atoms with Gasteiger partial charge in [0.1, 0.15) is 10.8 Å². The minimum Gasteiger partial charge on any atom is -0.366 e. The van der Waals surface area contributed by atoms with Crippen LogP contribution in [0.1, 0.15) is 24.6 Å². The molecule has 1 aromatic carbocycles. The molecule has 2 fully saturated rings. The highest BCUT2D eigenvalue weighted by Crippen LogP contribution is 2.39. The van der Waals surface area contributed by atoms with Crippen molar-refractivity contribution in [1.82, 2.24) is 29.0 Å². The summed E-state index contributed by atoms with van der Waals surface area (Å²) in [7, 11) is 0. The summed E-state index contributed by atoms with van der Waals surface area (Å²) in [5.41, 5.74) is 1.06. The van der Waals surface area contributed by atoms with E-state index in [1.165, 1.54) is 17.5 Å². The zero-order valence-corrected chi connectivity index (χ0v) is 19.9. The normalized spacial score (nSPS) is 16.8. The van der Waals surface area contributed by atoms with Crippen molar-refractivity contribution in [3.05, 3.63) is 75.2 Å². The van der Waals surface area contributed by atoms with Gasteiger partial charge in [-0.3, -0.25) is 14.3 Å². The van der Waals surface area contributed by atoms with Crippen LogP contribution in [-0.2, 0) is 13.2 Å². The Hall–Kier alpha value is -2.75. The van der Waals surface area contributed by atoms with Crippen molar-refractivity contribution in [2.24, 2.45) is 0 Å². The summed E-state index contributed by atoms with van der Waals surface area (Å²) in [5.74, 6) is 1.60. The maximum absolute atomic E-state index is 12.8. The van der Waals surface area contributed by atoms with Crippen LogP contribution < -0.4 is 10.5 Å². The molecule has 3 heterocycles. The molecule has 0 atom stereocenters. The number of nitrogens with zero attached hydrogens (tertiary/aromatic N) is 7. The highest BCUT2D eigenvalue weighted by Gasteiger charge is 2.30. The molecule has 172 valence electrons. The number of allylic oxidation sites excluding steroid dienone is 1. The van der Waals surface area contributed by atoms with E-state index in [1.807, 2.05) is 41.1 Å². The Kier molecular flexibility index (Phi) is 6.18. The van der Waals surface area contributed by atoms with Gasteiger partial charge < -0.3 is 4.90 Å². The van der Waals surface area contributed by atoms with Crippen molar-refractivity contribution in [3.63, 3.8) is 0 Å². The van der Waals surface area contributed by atoms with Crippen LogP contribution in [0, 0.1) is 4.77 Å². The molecule has 2 aliphatic rings. The molecule has 2 aromatic heterocycles. The first-order valence-electron chi connectivity index (χ1n) is 11.2. The summed E-state index contributed by atoms with van der Waals surface area (Å²) in [5, 5.41) is 9.38. The molecule has 5 rings (SSSR count). The molecule has 10 heteroatoms. The Labute approximate surface area is 202 Å². The maximum atomic E-state index is 12.8. The Bertz CT molecular complexity index is 1270. The zero-order chi connectivity index (χ0) is 22.9. The van der Waals surface area contributed by atoms with Gasteiger partial charge in [0.15, 0.2) is 4.77 Å². The first kappa shape index (κ1) is 22.1. The van der Waals surface area contributed by atoms with Gasteiger partial charge in [-0.15, -0.1) is 6.58 Å². The van der Waals surface area contributed by atoms with E-state index in [0.717, 1.165) is 36.8 Å². The summed E-state index contributed by atoms with van der Waals surface area (Å²) in [4.78, 5) is 17.3. The fraction of sp³-hybridized carbons (Fsp3) is 0.391. The van der Waals surface area contributed by atoms with E-state index in [4.69, 9.17) is 28.9 Å². The SMILES string of the molecule is C=CCn1c(C2CC2)nn(CN2CCN(c3cnn(-c4ccccc4)c(=O)c3Cl)CC2)c1=S. The molecule has 1 saturated carbocycles. The summed E-state index contributed by atoms with van der Waals surface area (Å²) in [6.45, 7) is 8.31. The number of para-hydroxylation sites is 1. The molecule has 0 radical (unpaired) electrons. The van der Waals surface area contributed by atoms with Gasteiger partial charge in [-0.25, -0.2) is 4.68 Å². The fourth-order valence-electron chi connectivity index (χ4n) is 4.21. The average Bonchev–Trinajstić information content (AvgIpc) is 3.64. The highest BCUT2D eigenvalue weighted by atomic mass is 35.5. The van der Waals surface area contributed by atoms with Crippen LogP contribution in [0.2, 0.25) is 5.02 Å². The number of anilines is 1. The minimum absolute atomic E-state index is 0.196. The van der Waals surface area contributed by atoms with Gasteiger partial charge in [-0.05, 0) is 37.2 Å². The molecular formula is C23H26ClN7OS. The first-order chi connectivity index (χ1) is 16.1. The van der Waals surface area contributed by atoms with Crippen LogP contribution in [0.3, 0.4) is 0 Å². The molecule has 0 N–H and O–H groups in total. The molecule has 0 unspecified atom stereocenters. The minimum atomic E-state index is -0.311. The molecule has 0 spiro atoms. The number of hydrogen-bond donors (Lipinski definition) is 0. The van der Waals surface area contributed by atoms with E-state index < -0.39 is 0 Å². The Morgan fingerprint density at radius 2 is 1.88 bits per heavy atom. The van der Waals surface area contributed by atoms with Crippen molar-refractivity contribution in [2.75, 3.05) is 31.1 Å². The van der Waals surface area contributed by atoms with Crippen molar-refractivity contribution >= 4 is 29.5 Å². The predicted molar refractivity (Wildman–Crippen MR) is 132 cm³/mol. The van der Waals surface area contributed by atoms with Crippen molar-refractivity contribution in [2.45, 2.75) is 32.0 Å². The second-order valence-electron chi connectivity index (χ2n) is 8.46. The van der Waals surface area contributed by atoms with Gasteiger partial charge in [0.25, 0.3) is 5.56 Å². The number of aromatic nitrogens is 5. The van der Waals surface area contributed by atoms with Gasteiger partial charge in [0.2, 0.25) is 0 Å². The largest absolute Gasteiger partial charge is 0.366 e. The van der Waals surface area contributed by atoms with Crippen molar-refractivity contribution < 1.29 is 0 Å². The van der Waals surface area contributed by atoms with Gasteiger partial charge >= 0.3 is 0 Å². The molecule has 8 nitrogen and oxygen atoms in total. The number of rotatable bonds is 7. The third kappa shape index (κ3) is 4.40. The van der Waals surface area contributed by atoms with Crippen molar-refractivity contribution in [1.29, 1.82) is 0 Å². The molecule has 1 aliphatic carbocycles. The third-order valence-electron chi connectivity index (χ3n) is 6.15. The van der Waals surface area contributed by atoms with E-state index in [-0.39, 0.29) is 10.6 Å². The Morgan fingerprint density at radius 3 is 2.55 bits per heavy atom. The number of piperazine rings is 1. The van der Waals surface area contributed by atoms with Gasteiger partial charge in [0.05, 0.1) is 24.2 Å². The van der Waals surface area contributed by atoms with Crippen molar-refractivity contribution in [3.8, 4) is 5.69 Å². The molecular weight excluding hydrogens is 458 g/mol. The summed E-state index contributed by atoms with van der Waals surface area (Å²) < 4.78 is 6.11. The number of hydrogen-bond acceptors (Lipinski definition) is 6. The second kappa shape index (κ2) is 9.24. The van der Waals surface area contributed by atoms with Crippen LogP contribution in [-0.4, -0.2) is 55.2 Å². The molecule has 0 amide bonds. The summed E-state index contributed by atoms with van der Waals surface area (Å²) >= 11 is 12.2. The molecule has 0 bridgehead atoms. The van der Waals surface area contributed by atoms with Crippen LogP contribution in [0.5, 0.6) is 0 Å². The summed E-state index contributed by atoms with van der Waals surface area (Å²) in [6.07, 6.45) is 5.91. The van der Waals surface area contributed by atoms with Crippen LogP contribution >= 0.6 is 23.8 Å². The van der Waals surface area contributed by atoms with E-state index in [2.05, 4.69) is 26.0 Å². The molecule has 33 heavy (non-hydrogen) atoms. The van der Waals surface area contributed by atoms with Crippen LogP contribution in [0.4, 0.5) is 5.69 Å². The second-order valence-corrected chi connectivity index (χ2v) is 9.20. The lowest BCUT2D eigenvalue weighted by atomic mass is 10.3. The quantitative estimate of drug-likeness (QED) is 0.379. The van der Waals surface area contributed by atoms with E-state index in [0.29, 0.717) is 30.5 Å². The Balaban J connectivity index is 1.28. The lowest BCUT2D eigenvalue weighted by Gasteiger charge is -2.35. The van der Waals surface area contributed by atoms with E-state index >= 15 is 0 Å². The monoisotopic (exact) mass is 483 g/mol. The highest BCUT2D eigenvalue weighted by molar-refractivity contribution is 7.71. The summed E-state index contributed by atoms with van der Waals surface area (Å²) in [6, 6.07) is 9.29. The third-order valence-corrected chi connectivity index (χ3v) is 6.94. The molecule has 3 aromatic rings. The topological polar surface area (TPSA) is 64.1 Å². The lowest BCUT2D eigenvalue weighted by molar-refractivity contribution is 0.194. The molecule has 1 aliphatic heterocycles.